The van der Waals surface area contributed by atoms with E-state index in [9.17, 15) is 12.8 Å². The summed E-state index contributed by atoms with van der Waals surface area (Å²) in [7, 11) is -3.86. The van der Waals surface area contributed by atoms with E-state index in [1.165, 1.54) is 12.1 Å². The second-order valence-electron chi connectivity index (χ2n) is 4.16. The molecule has 1 aliphatic carbocycles. The van der Waals surface area contributed by atoms with Crippen LogP contribution in [0.25, 0.3) is 0 Å². The molecule has 0 aromatic heterocycles. The van der Waals surface area contributed by atoms with Gasteiger partial charge in [-0.2, -0.15) is 0 Å². The van der Waals surface area contributed by atoms with Gasteiger partial charge in [0.05, 0.1) is 11.0 Å². The van der Waals surface area contributed by atoms with E-state index in [-0.39, 0.29) is 16.7 Å². The Hall–Kier alpha value is -1.14. The van der Waals surface area contributed by atoms with Crippen LogP contribution in [0.5, 0.6) is 5.75 Å². The van der Waals surface area contributed by atoms with Gasteiger partial charge in [-0.05, 0) is 43.9 Å². The van der Waals surface area contributed by atoms with Gasteiger partial charge in [-0.25, -0.2) is 17.9 Å². The topological polar surface area (TPSA) is 69.4 Å². The average molecular weight is 259 g/mol. The zero-order chi connectivity index (χ0) is 12.5. The minimum absolute atomic E-state index is 0.0323. The normalized spacial score (nSPS) is 17.3. The molecule has 0 heterocycles. The van der Waals surface area contributed by atoms with Crippen LogP contribution in [0.2, 0.25) is 0 Å². The monoisotopic (exact) mass is 259 g/mol. The molecule has 6 heteroatoms. The number of rotatable bonds is 3. The van der Waals surface area contributed by atoms with Gasteiger partial charge in [0.1, 0.15) is 0 Å². The van der Waals surface area contributed by atoms with Crippen LogP contribution in [0.15, 0.2) is 23.1 Å². The summed E-state index contributed by atoms with van der Waals surface area (Å²) in [6.07, 6.45) is 4.03. The first-order valence-corrected chi connectivity index (χ1v) is 7.00. The Morgan fingerprint density at radius 3 is 2.47 bits per heavy atom. The van der Waals surface area contributed by atoms with E-state index in [0.717, 1.165) is 31.7 Å². The average Bonchev–Trinajstić information content (AvgIpc) is 2.72. The molecule has 0 aliphatic heterocycles. The number of hydrogen-bond donors (Lipinski definition) is 1. The summed E-state index contributed by atoms with van der Waals surface area (Å²) in [5.74, 6) is -0.604. The summed E-state index contributed by atoms with van der Waals surface area (Å²) in [4.78, 5) is -0.242. The van der Waals surface area contributed by atoms with Crippen LogP contribution in [0.1, 0.15) is 25.7 Å². The molecule has 0 amide bonds. The fraction of sp³-hybridized carbons (Fsp3) is 0.455. The Bertz CT molecular complexity index is 509. The van der Waals surface area contributed by atoms with Crippen molar-refractivity contribution in [1.29, 1.82) is 0 Å². The summed E-state index contributed by atoms with van der Waals surface area (Å²) >= 11 is 0. The van der Waals surface area contributed by atoms with Crippen LogP contribution in [0.4, 0.5) is 4.39 Å². The highest BCUT2D eigenvalue weighted by atomic mass is 32.2. The molecule has 1 aliphatic rings. The first kappa shape index (κ1) is 12.3. The van der Waals surface area contributed by atoms with E-state index < -0.39 is 15.8 Å². The molecule has 1 fully saturated rings. The summed E-state index contributed by atoms with van der Waals surface area (Å²) in [5, 5.41) is 4.90. The fourth-order valence-corrected chi connectivity index (χ4v) is 2.47. The van der Waals surface area contributed by atoms with Gasteiger partial charge in [0.2, 0.25) is 10.0 Å². The predicted octanol–water partition coefficient (Wildman–Crippen LogP) is 1.79. The Labute approximate surface area is 99.6 Å². The predicted molar refractivity (Wildman–Crippen MR) is 60.7 cm³/mol. The maximum atomic E-state index is 13.6. The van der Waals surface area contributed by atoms with Crippen molar-refractivity contribution < 1.29 is 17.5 Å². The molecule has 0 bridgehead atoms. The van der Waals surface area contributed by atoms with Crippen LogP contribution in [-0.2, 0) is 10.0 Å². The first-order valence-electron chi connectivity index (χ1n) is 5.46. The standard InChI is InChI=1S/C11H14FNO3S/c12-10-7-9(17(13,14)15)5-6-11(10)16-8-3-1-2-4-8/h5-8H,1-4H2,(H2,13,14,15). The van der Waals surface area contributed by atoms with Gasteiger partial charge < -0.3 is 4.74 Å². The van der Waals surface area contributed by atoms with Crippen molar-refractivity contribution >= 4 is 10.0 Å². The summed E-state index contributed by atoms with van der Waals surface area (Å²) < 4.78 is 41.1. The van der Waals surface area contributed by atoms with Crippen LogP contribution >= 0.6 is 0 Å². The maximum absolute atomic E-state index is 13.6. The smallest absolute Gasteiger partial charge is 0.238 e. The van der Waals surface area contributed by atoms with E-state index in [2.05, 4.69) is 0 Å². The lowest BCUT2D eigenvalue weighted by Gasteiger charge is -2.13. The Kier molecular flexibility index (Phi) is 3.35. The Morgan fingerprint density at radius 1 is 1.29 bits per heavy atom. The van der Waals surface area contributed by atoms with Gasteiger partial charge in [0.25, 0.3) is 0 Å². The van der Waals surface area contributed by atoms with Crippen molar-refractivity contribution in [3.63, 3.8) is 0 Å². The van der Waals surface area contributed by atoms with Gasteiger partial charge >= 0.3 is 0 Å². The molecule has 0 saturated heterocycles. The lowest BCUT2D eigenvalue weighted by Crippen LogP contribution is -2.14. The lowest BCUT2D eigenvalue weighted by molar-refractivity contribution is 0.200. The summed E-state index contributed by atoms with van der Waals surface area (Å²) in [5.41, 5.74) is 0. The molecule has 1 saturated carbocycles. The third kappa shape index (κ3) is 2.95. The van der Waals surface area contributed by atoms with Gasteiger partial charge in [-0.3, -0.25) is 0 Å². The molecule has 4 nitrogen and oxygen atoms in total. The molecular weight excluding hydrogens is 245 g/mol. The van der Waals surface area contributed by atoms with Gasteiger partial charge in [-0.1, -0.05) is 0 Å². The Morgan fingerprint density at radius 2 is 1.94 bits per heavy atom. The summed E-state index contributed by atoms with van der Waals surface area (Å²) in [6, 6.07) is 3.45. The molecule has 0 radical (unpaired) electrons. The number of halogens is 1. The highest BCUT2D eigenvalue weighted by Gasteiger charge is 2.19. The van der Waals surface area contributed by atoms with E-state index in [1.807, 2.05) is 0 Å². The highest BCUT2D eigenvalue weighted by Crippen LogP contribution is 2.27. The molecule has 94 valence electrons. The van der Waals surface area contributed by atoms with Gasteiger partial charge in [-0.15, -0.1) is 0 Å². The largest absolute Gasteiger partial charge is 0.487 e. The number of ether oxygens (including phenoxy) is 1. The van der Waals surface area contributed by atoms with Gasteiger partial charge in [0, 0.05) is 0 Å². The molecule has 1 aromatic rings. The molecule has 2 N–H and O–H groups in total. The molecule has 1 aromatic carbocycles. The van der Waals surface area contributed by atoms with E-state index >= 15 is 0 Å². The first-order chi connectivity index (χ1) is 7.97. The van der Waals surface area contributed by atoms with Crippen molar-refractivity contribution in [1.82, 2.24) is 0 Å². The van der Waals surface area contributed by atoms with Crippen molar-refractivity contribution in [3.05, 3.63) is 24.0 Å². The number of primary sulfonamides is 1. The van der Waals surface area contributed by atoms with Gasteiger partial charge in [0.15, 0.2) is 11.6 Å². The lowest BCUT2D eigenvalue weighted by atomic mass is 10.3. The molecule has 0 spiro atoms. The van der Waals surface area contributed by atoms with Crippen molar-refractivity contribution in [2.75, 3.05) is 0 Å². The summed E-state index contributed by atoms with van der Waals surface area (Å²) in [6.45, 7) is 0. The number of benzene rings is 1. The van der Waals surface area contributed by atoms with Crippen LogP contribution in [-0.4, -0.2) is 14.5 Å². The molecule has 0 atom stereocenters. The Balaban J connectivity index is 2.19. The second-order valence-corrected chi connectivity index (χ2v) is 5.72. The maximum Gasteiger partial charge on any atom is 0.238 e. The molecule has 2 rings (SSSR count). The van der Waals surface area contributed by atoms with Crippen LogP contribution < -0.4 is 9.88 Å². The SMILES string of the molecule is NS(=O)(=O)c1ccc(OC2CCCC2)c(F)c1. The van der Waals surface area contributed by atoms with E-state index in [4.69, 9.17) is 9.88 Å². The third-order valence-corrected chi connectivity index (χ3v) is 3.74. The molecule has 0 unspecified atom stereocenters. The second kappa shape index (κ2) is 4.62. The van der Waals surface area contributed by atoms with E-state index in [0.29, 0.717) is 0 Å². The number of nitrogens with two attached hydrogens (primary N) is 1. The third-order valence-electron chi connectivity index (χ3n) is 2.83. The minimum atomic E-state index is -3.86. The fourth-order valence-electron chi connectivity index (χ4n) is 1.94. The quantitative estimate of drug-likeness (QED) is 0.899. The van der Waals surface area contributed by atoms with Crippen LogP contribution in [0, 0.1) is 5.82 Å². The van der Waals surface area contributed by atoms with Crippen LogP contribution in [0.3, 0.4) is 0 Å². The zero-order valence-electron chi connectivity index (χ0n) is 9.23. The number of hydrogen-bond acceptors (Lipinski definition) is 3. The molecule has 17 heavy (non-hydrogen) atoms. The molecular formula is C11H14FNO3S. The zero-order valence-corrected chi connectivity index (χ0v) is 10.0. The van der Waals surface area contributed by atoms with Crippen molar-refractivity contribution in [2.24, 2.45) is 5.14 Å². The van der Waals surface area contributed by atoms with Crippen molar-refractivity contribution in [2.45, 2.75) is 36.7 Å². The minimum Gasteiger partial charge on any atom is -0.487 e. The highest BCUT2D eigenvalue weighted by molar-refractivity contribution is 7.89. The van der Waals surface area contributed by atoms with E-state index in [1.54, 1.807) is 0 Å². The number of sulfonamides is 1. The van der Waals surface area contributed by atoms with Crippen molar-refractivity contribution in [3.8, 4) is 5.75 Å².